The highest BCUT2D eigenvalue weighted by Crippen LogP contribution is 2.36. The summed E-state index contributed by atoms with van der Waals surface area (Å²) in [5, 5.41) is 3.58. The molecule has 1 aromatic heterocycles. The van der Waals surface area contributed by atoms with Gasteiger partial charge in [-0.3, -0.25) is 0 Å². The lowest BCUT2D eigenvalue weighted by molar-refractivity contribution is 0.478. The fourth-order valence-electron chi connectivity index (χ4n) is 2.65. The molecular weight excluding hydrogens is 224 g/mol. The maximum Gasteiger partial charge on any atom is 0.0946 e. The molecule has 94 valence electrons. The van der Waals surface area contributed by atoms with E-state index >= 15 is 0 Å². The van der Waals surface area contributed by atoms with Crippen LogP contribution in [0.1, 0.15) is 29.6 Å². The number of nitrogens with two attached hydrogens (primary N) is 1. The van der Waals surface area contributed by atoms with E-state index in [1.165, 1.54) is 11.1 Å². The van der Waals surface area contributed by atoms with Crippen molar-refractivity contribution in [2.45, 2.75) is 25.0 Å². The molecule has 1 heterocycles. The second-order valence-corrected chi connectivity index (χ2v) is 4.78. The molecule has 18 heavy (non-hydrogen) atoms. The van der Waals surface area contributed by atoms with E-state index in [1.54, 1.807) is 6.20 Å². The average Bonchev–Trinajstić information content (AvgIpc) is 3.00. The number of nitrogens with one attached hydrogen (secondary N) is 1. The van der Waals surface area contributed by atoms with Crippen molar-refractivity contribution in [2.24, 2.45) is 5.73 Å². The van der Waals surface area contributed by atoms with Gasteiger partial charge in [0.05, 0.1) is 6.33 Å². The first-order valence-corrected chi connectivity index (χ1v) is 6.38. The first-order valence-electron chi connectivity index (χ1n) is 6.38. The van der Waals surface area contributed by atoms with Gasteiger partial charge < -0.3 is 15.6 Å². The van der Waals surface area contributed by atoms with Crippen molar-refractivity contribution in [3.63, 3.8) is 0 Å². The van der Waals surface area contributed by atoms with E-state index in [0.717, 1.165) is 19.5 Å². The van der Waals surface area contributed by atoms with E-state index in [0.29, 0.717) is 6.04 Å². The molecule has 3 rings (SSSR count). The molecule has 0 amide bonds. The lowest BCUT2D eigenvalue weighted by Gasteiger charge is -2.14. The lowest BCUT2D eigenvalue weighted by Crippen LogP contribution is -2.24. The monoisotopic (exact) mass is 242 g/mol. The largest absolute Gasteiger partial charge is 0.336 e. The van der Waals surface area contributed by atoms with Gasteiger partial charge in [0.2, 0.25) is 0 Å². The van der Waals surface area contributed by atoms with Crippen LogP contribution < -0.4 is 11.1 Å². The number of aromatic nitrogens is 2. The van der Waals surface area contributed by atoms with Crippen LogP contribution in [0.5, 0.6) is 0 Å². The van der Waals surface area contributed by atoms with Crippen molar-refractivity contribution in [1.82, 2.24) is 14.9 Å². The summed E-state index contributed by atoms with van der Waals surface area (Å²) in [5.74, 6) is 0. The summed E-state index contributed by atoms with van der Waals surface area (Å²) in [6.07, 6.45) is 6.62. The molecule has 0 bridgehead atoms. The van der Waals surface area contributed by atoms with Crippen molar-refractivity contribution in [3.8, 4) is 0 Å². The van der Waals surface area contributed by atoms with Crippen molar-refractivity contribution < 1.29 is 0 Å². The zero-order valence-electron chi connectivity index (χ0n) is 10.3. The molecule has 2 aromatic rings. The third kappa shape index (κ3) is 2.17. The predicted octanol–water partition coefficient (Wildman–Crippen LogP) is 1.62. The van der Waals surface area contributed by atoms with Crippen LogP contribution in [0.3, 0.4) is 0 Å². The third-order valence-corrected chi connectivity index (χ3v) is 3.58. The van der Waals surface area contributed by atoms with E-state index in [1.807, 2.05) is 12.5 Å². The molecule has 3 N–H and O–H groups in total. The van der Waals surface area contributed by atoms with Crippen LogP contribution in [-0.2, 0) is 6.54 Å². The Labute approximate surface area is 107 Å². The summed E-state index contributed by atoms with van der Waals surface area (Å²) in [7, 11) is 0. The van der Waals surface area contributed by atoms with Crippen molar-refractivity contribution in [2.75, 3.05) is 6.54 Å². The smallest absolute Gasteiger partial charge is 0.0946 e. The number of hydrogen-bond acceptors (Lipinski definition) is 3. The summed E-state index contributed by atoms with van der Waals surface area (Å²) in [4.78, 5) is 4.04. The molecule has 0 aliphatic heterocycles. The Hall–Kier alpha value is -1.65. The molecule has 0 radical (unpaired) electrons. The number of nitrogens with zero attached hydrogens (tertiary/aromatic N) is 2. The van der Waals surface area contributed by atoms with Gasteiger partial charge in [-0.25, -0.2) is 4.98 Å². The molecule has 0 fully saturated rings. The van der Waals surface area contributed by atoms with Crippen LogP contribution in [-0.4, -0.2) is 16.1 Å². The predicted molar refractivity (Wildman–Crippen MR) is 71.0 cm³/mol. The van der Waals surface area contributed by atoms with Crippen LogP contribution in [0, 0.1) is 0 Å². The Balaban J connectivity index is 1.61. The Bertz CT molecular complexity index is 506. The molecule has 1 aliphatic rings. The molecule has 4 heteroatoms. The van der Waals surface area contributed by atoms with E-state index < -0.39 is 0 Å². The van der Waals surface area contributed by atoms with Crippen LogP contribution in [0.4, 0.5) is 0 Å². The van der Waals surface area contributed by atoms with Crippen molar-refractivity contribution in [3.05, 3.63) is 54.1 Å². The number of rotatable bonds is 4. The van der Waals surface area contributed by atoms with Crippen LogP contribution >= 0.6 is 0 Å². The van der Waals surface area contributed by atoms with Gasteiger partial charge in [-0.05, 0) is 17.5 Å². The summed E-state index contributed by atoms with van der Waals surface area (Å²) in [6, 6.07) is 9.02. The van der Waals surface area contributed by atoms with Crippen molar-refractivity contribution >= 4 is 0 Å². The Morgan fingerprint density at radius 1 is 1.33 bits per heavy atom. The van der Waals surface area contributed by atoms with Crippen molar-refractivity contribution in [1.29, 1.82) is 0 Å². The second kappa shape index (κ2) is 4.92. The topological polar surface area (TPSA) is 55.9 Å². The van der Waals surface area contributed by atoms with E-state index in [-0.39, 0.29) is 6.04 Å². The van der Waals surface area contributed by atoms with Gasteiger partial charge in [0.15, 0.2) is 0 Å². The number of fused-ring (bicyclic) bond motifs is 1. The summed E-state index contributed by atoms with van der Waals surface area (Å²) in [6.45, 7) is 1.87. The van der Waals surface area contributed by atoms with Gasteiger partial charge in [-0.2, -0.15) is 0 Å². The molecule has 1 aromatic carbocycles. The van der Waals surface area contributed by atoms with Gasteiger partial charge in [-0.15, -0.1) is 0 Å². The molecule has 1 aliphatic carbocycles. The SMILES string of the molecule is NC1CC(NCCn2ccnc2)c2ccccc21. The van der Waals surface area contributed by atoms with Gasteiger partial charge >= 0.3 is 0 Å². The minimum Gasteiger partial charge on any atom is -0.336 e. The summed E-state index contributed by atoms with van der Waals surface area (Å²) in [5.41, 5.74) is 8.79. The maximum absolute atomic E-state index is 6.15. The zero-order valence-corrected chi connectivity index (χ0v) is 10.3. The molecule has 0 spiro atoms. The average molecular weight is 242 g/mol. The van der Waals surface area contributed by atoms with Gasteiger partial charge in [0.1, 0.15) is 0 Å². The highest BCUT2D eigenvalue weighted by atomic mass is 15.1. The number of hydrogen-bond donors (Lipinski definition) is 2. The van der Waals surface area contributed by atoms with Crippen LogP contribution in [0.2, 0.25) is 0 Å². The maximum atomic E-state index is 6.15. The second-order valence-electron chi connectivity index (χ2n) is 4.78. The highest BCUT2D eigenvalue weighted by Gasteiger charge is 2.27. The van der Waals surface area contributed by atoms with E-state index in [2.05, 4.69) is 39.1 Å². The lowest BCUT2D eigenvalue weighted by atomic mass is 10.1. The first kappa shape index (κ1) is 11.4. The molecule has 4 nitrogen and oxygen atoms in total. The minimum absolute atomic E-state index is 0.173. The Morgan fingerprint density at radius 3 is 2.94 bits per heavy atom. The highest BCUT2D eigenvalue weighted by molar-refractivity contribution is 5.37. The Morgan fingerprint density at radius 2 is 2.17 bits per heavy atom. The first-order chi connectivity index (χ1) is 8.84. The molecule has 0 saturated carbocycles. The molecule has 0 saturated heterocycles. The quantitative estimate of drug-likeness (QED) is 0.856. The third-order valence-electron chi connectivity index (χ3n) is 3.58. The summed E-state index contributed by atoms with van der Waals surface area (Å²) < 4.78 is 2.08. The zero-order chi connectivity index (χ0) is 12.4. The summed E-state index contributed by atoms with van der Waals surface area (Å²) >= 11 is 0. The molecule has 2 unspecified atom stereocenters. The van der Waals surface area contributed by atoms with Gasteiger partial charge in [0, 0.05) is 37.6 Å². The fraction of sp³-hybridized carbons (Fsp3) is 0.357. The van der Waals surface area contributed by atoms with Crippen LogP contribution in [0.15, 0.2) is 43.0 Å². The normalized spacial score (nSPS) is 22.1. The molecular formula is C14H18N4. The minimum atomic E-state index is 0.173. The Kier molecular flexibility index (Phi) is 3.13. The fourth-order valence-corrected chi connectivity index (χ4v) is 2.65. The van der Waals surface area contributed by atoms with E-state index in [9.17, 15) is 0 Å². The number of imidazole rings is 1. The molecule has 2 atom stereocenters. The standard InChI is InChI=1S/C14H18N4/c15-13-9-14(12-4-2-1-3-11(12)13)17-6-8-18-7-5-16-10-18/h1-5,7,10,13-14,17H,6,8-9,15H2. The van der Waals surface area contributed by atoms with Crippen LogP contribution in [0.25, 0.3) is 0 Å². The van der Waals surface area contributed by atoms with Gasteiger partial charge in [0.25, 0.3) is 0 Å². The van der Waals surface area contributed by atoms with Gasteiger partial charge in [-0.1, -0.05) is 24.3 Å². The van der Waals surface area contributed by atoms with E-state index in [4.69, 9.17) is 5.73 Å². The number of benzene rings is 1.